The van der Waals surface area contributed by atoms with Crippen molar-refractivity contribution in [3.8, 4) is 0 Å². The van der Waals surface area contributed by atoms with Gasteiger partial charge in [-0.15, -0.1) is 0 Å². The molecule has 0 bridgehead atoms. The second-order valence-electron chi connectivity index (χ2n) is 13.4. The first-order valence-corrected chi connectivity index (χ1v) is 19.1. The molecule has 9 nitrogen and oxygen atoms in total. The van der Waals surface area contributed by atoms with Crippen LogP contribution >= 0.6 is 0 Å². The molecule has 0 saturated carbocycles. The summed E-state index contributed by atoms with van der Waals surface area (Å²) in [4.78, 5) is 12.3. The molecule has 6 atom stereocenters. The minimum atomic E-state index is -1.53. The molecule has 6 unspecified atom stereocenters. The Morgan fingerprint density at radius 2 is 1.07 bits per heavy atom. The summed E-state index contributed by atoms with van der Waals surface area (Å²) in [7, 11) is 0. The molecule has 4 N–H and O–H groups in total. The van der Waals surface area contributed by atoms with Crippen LogP contribution in [0.25, 0.3) is 0 Å². The molecule has 0 spiro atoms. The second kappa shape index (κ2) is 30.3. The Balaban J connectivity index is 2.09. The molecule has 1 rings (SSSR count). The van der Waals surface area contributed by atoms with Crippen LogP contribution in [0.5, 0.6) is 0 Å². The van der Waals surface area contributed by atoms with Gasteiger partial charge in [0.25, 0.3) is 0 Å². The summed E-state index contributed by atoms with van der Waals surface area (Å²) in [5.41, 5.74) is 0. The second-order valence-corrected chi connectivity index (χ2v) is 13.4. The van der Waals surface area contributed by atoms with E-state index in [2.05, 4.69) is 13.8 Å². The van der Waals surface area contributed by atoms with Crippen LogP contribution in [0.15, 0.2) is 0 Å². The van der Waals surface area contributed by atoms with Crippen LogP contribution in [-0.4, -0.2) is 89.6 Å². The number of unbranched alkanes of at least 4 members (excludes halogenated alkanes) is 21. The summed E-state index contributed by atoms with van der Waals surface area (Å²) in [6.07, 6.45) is 22.2. The van der Waals surface area contributed by atoms with Gasteiger partial charge in [0.2, 0.25) is 0 Å². The number of ether oxygens (including phenoxy) is 4. The lowest BCUT2D eigenvalue weighted by molar-refractivity contribution is -0.305. The lowest BCUT2D eigenvalue weighted by atomic mass is 9.99. The van der Waals surface area contributed by atoms with Crippen LogP contribution in [0, 0.1) is 0 Å². The van der Waals surface area contributed by atoms with Crippen LogP contribution in [0.2, 0.25) is 0 Å². The fourth-order valence-corrected chi connectivity index (χ4v) is 5.96. The van der Waals surface area contributed by atoms with Crippen molar-refractivity contribution < 1.29 is 44.2 Å². The Hall–Kier alpha value is -0.810. The Labute approximate surface area is 281 Å². The standard InChI is InChI=1S/C37H72O9/c1-3-5-7-8-9-10-11-12-13-14-15-16-17-18-19-20-21-22-23-25-27-43-29-31(45-33(39)26-24-6-4-2)30-44-37-36(42)35(41)34(40)32(28-38)46-37/h31-32,34-38,40-42H,3-30H2,1-2H3. The quantitative estimate of drug-likeness (QED) is 0.0439. The zero-order valence-corrected chi connectivity index (χ0v) is 29.6. The molecule has 0 radical (unpaired) electrons. The van der Waals surface area contributed by atoms with Gasteiger partial charge in [-0.25, -0.2) is 0 Å². The van der Waals surface area contributed by atoms with Crippen LogP contribution in [0.4, 0.5) is 0 Å². The molecule has 0 aromatic heterocycles. The number of aliphatic hydroxyl groups is 4. The van der Waals surface area contributed by atoms with E-state index in [0.29, 0.717) is 13.0 Å². The fraction of sp³-hybridized carbons (Fsp3) is 0.973. The molecule has 0 aromatic carbocycles. The first kappa shape index (κ1) is 43.2. The van der Waals surface area contributed by atoms with Crippen molar-refractivity contribution >= 4 is 5.97 Å². The summed E-state index contributed by atoms with van der Waals surface area (Å²) in [5, 5.41) is 39.6. The summed E-state index contributed by atoms with van der Waals surface area (Å²) in [6.45, 7) is 4.40. The summed E-state index contributed by atoms with van der Waals surface area (Å²) in [6, 6.07) is 0. The van der Waals surface area contributed by atoms with E-state index in [1.807, 2.05) is 0 Å². The Morgan fingerprint density at radius 3 is 1.54 bits per heavy atom. The lowest BCUT2D eigenvalue weighted by Gasteiger charge is -2.39. The zero-order valence-electron chi connectivity index (χ0n) is 29.6. The molecule has 1 heterocycles. The smallest absolute Gasteiger partial charge is 0.306 e. The van der Waals surface area contributed by atoms with Crippen LogP contribution in [0.3, 0.4) is 0 Å². The summed E-state index contributed by atoms with van der Waals surface area (Å²) < 4.78 is 22.4. The predicted molar refractivity (Wildman–Crippen MR) is 183 cm³/mol. The highest BCUT2D eigenvalue weighted by Crippen LogP contribution is 2.22. The van der Waals surface area contributed by atoms with Crippen LogP contribution in [-0.2, 0) is 23.7 Å². The molecule has 1 fully saturated rings. The van der Waals surface area contributed by atoms with Crippen LogP contribution < -0.4 is 0 Å². The van der Waals surface area contributed by atoms with Gasteiger partial charge < -0.3 is 39.4 Å². The summed E-state index contributed by atoms with van der Waals surface area (Å²) >= 11 is 0. The SMILES string of the molecule is CCCCCCCCCCCCCCCCCCCCCCOCC(COC1OC(CO)C(O)C(O)C1O)OC(=O)CCCCC. The van der Waals surface area contributed by atoms with Crippen molar-refractivity contribution in [3.05, 3.63) is 0 Å². The predicted octanol–water partition coefficient (Wildman–Crippen LogP) is 7.13. The number of esters is 1. The van der Waals surface area contributed by atoms with E-state index in [-0.39, 0.29) is 19.2 Å². The van der Waals surface area contributed by atoms with Gasteiger partial charge in [0.1, 0.15) is 30.5 Å². The maximum Gasteiger partial charge on any atom is 0.306 e. The fourth-order valence-electron chi connectivity index (χ4n) is 5.96. The molecular weight excluding hydrogens is 588 g/mol. The number of rotatable bonds is 32. The van der Waals surface area contributed by atoms with E-state index in [9.17, 15) is 25.2 Å². The van der Waals surface area contributed by atoms with E-state index in [4.69, 9.17) is 18.9 Å². The molecule has 274 valence electrons. The van der Waals surface area contributed by atoms with Crippen molar-refractivity contribution in [2.24, 2.45) is 0 Å². The highest BCUT2D eigenvalue weighted by molar-refractivity contribution is 5.69. The van der Waals surface area contributed by atoms with Crippen molar-refractivity contribution in [2.45, 2.75) is 205 Å². The van der Waals surface area contributed by atoms with Crippen molar-refractivity contribution in [1.29, 1.82) is 0 Å². The largest absolute Gasteiger partial charge is 0.457 e. The minimum Gasteiger partial charge on any atom is -0.457 e. The molecule has 1 aliphatic rings. The van der Waals surface area contributed by atoms with Gasteiger partial charge >= 0.3 is 5.97 Å². The number of aliphatic hydroxyl groups excluding tert-OH is 4. The Kier molecular flexibility index (Phi) is 28.4. The van der Waals surface area contributed by atoms with Gasteiger partial charge in [-0.1, -0.05) is 149 Å². The van der Waals surface area contributed by atoms with Gasteiger partial charge in [0.15, 0.2) is 6.29 Å². The first-order valence-electron chi connectivity index (χ1n) is 19.1. The number of hydrogen-bond donors (Lipinski definition) is 4. The molecule has 1 aliphatic heterocycles. The van der Waals surface area contributed by atoms with E-state index in [1.54, 1.807) is 0 Å². The molecule has 0 aliphatic carbocycles. The van der Waals surface area contributed by atoms with E-state index >= 15 is 0 Å². The van der Waals surface area contributed by atoms with Crippen molar-refractivity contribution in [1.82, 2.24) is 0 Å². The number of hydrogen-bond acceptors (Lipinski definition) is 9. The van der Waals surface area contributed by atoms with E-state index < -0.39 is 43.4 Å². The molecule has 0 amide bonds. The number of carbonyl (C=O) groups is 1. The average Bonchev–Trinajstić information content (AvgIpc) is 3.05. The first-order chi connectivity index (χ1) is 22.4. The summed E-state index contributed by atoms with van der Waals surface area (Å²) in [5.74, 6) is -0.335. The van der Waals surface area contributed by atoms with Gasteiger partial charge in [0.05, 0.1) is 19.8 Å². The third-order valence-corrected chi connectivity index (χ3v) is 9.02. The average molecular weight is 661 g/mol. The lowest BCUT2D eigenvalue weighted by Crippen LogP contribution is -2.59. The topological polar surface area (TPSA) is 135 Å². The Bertz CT molecular complexity index is 677. The third kappa shape index (κ3) is 21.9. The maximum atomic E-state index is 12.3. The highest BCUT2D eigenvalue weighted by Gasteiger charge is 2.44. The molecule has 0 aromatic rings. The van der Waals surface area contributed by atoms with Crippen molar-refractivity contribution in [3.63, 3.8) is 0 Å². The van der Waals surface area contributed by atoms with Gasteiger partial charge in [-0.2, -0.15) is 0 Å². The third-order valence-electron chi connectivity index (χ3n) is 9.02. The van der Waals surface area contributed by atoms with Gasteiger partial charge in [0, 0.05) is 13.0 Å². The van der Waals surface area contributed by atoms with Crippen LogP contribution in [0.1, 0.15) is 168 Å². The zero-order chi connectivity index (χ0) is 33.7. The van der Waals surface area contributed by atoms with Crippen molar-refractivity contribution in [2.75, 3.05) is 26.4 Å². The van der Waals surface area contributed by atoms with Gasteiger partial charge in [-0.3, -0.25) is 4.79 Å². The Morgan fingerprint density at radius 1 is 0.609 bits per heavy atom. The van der Waals surface area contributed by atoms with E-state index in [1.165, 1.54) is 116 Å². The monoisotopic (exact) mass is 661 g/mol. The normalized spacial score (nSPS) is 22.3. The molecule has 9 heteroatoms. The maximum absolute atomic E-state index is 12.3. The molecule has 46 heavy (non-hydrogen) atoms. The molecule has 1 saturated heterocycles. The minimum absolute atomic E-state index is 0.110. The number of carbonyl (C=O) groups excluding carboxylic acids is 1. The molecular formula is C37H72O9. The van der Waals surface area contributed by atoms with E-state index in [0.717, 1.165) is 32.1 Å². The van der Waals surface area contributed by atoms with Gasteiger partial charge in [-0.05, 0) is 12.8 Å². The highest BCUT2D eigenvalue weighted by atomic mass is 16.7.